The molecule has 0 radical (unpaired) electrons. The molecule has 0 unspecified atom stereocenters. The number of nitro benzene ring substituents is 2. The highest BCUT2D eigenvalue weighted by Crippen LogP contribution is 2.28. The van der Waals surface area contributed by atoms with Crippen molar-refractivity contribution in [2.45, 2.75) is 0 Å². The number of anilines is 1. The Kier molecular flexibility index (Phi) is 4.33. The third-order valence-corrected chi connectivity index (χ3v) is 1.88. The number of hydrogen-bond donors (Lipinski definition) is 1. The topological polar surface area (TPSA) is 111 Å². The van der Waals surface area contributed by atoms with Crippen molar-refractivity contribution >= 4 is 34.9 Å². The van der Waals surface area contributed by atoms with Crippen LogP contribution >= 0.6 is 11.6 Å². The van der Waals surface area contributed by atoms with E-state index in [1.54, 1.807) is 0 Å². The average molecular weight is 271 g/mol. The molecule has 0 atom stereocenters. The first-order valence-electron chi connectivity index (χ1n) is 4.48. The molecule has 9 heteroatoms. The minimum absolute atomic E-state index is 0.0137. The summed E-state index contributed by atoms with van der Waals surface area (Å²) in [5, 5.41) is 24.9. The van der Waals surface area contributed by atoms with Crippen LogP contribution in [0.5, 0.6) is 0 Å². The van der Waals surface area contributed by atoms with Gasteiger partial charge in [0.25, 0.3) is 5.69 Å². The van der Waals surface area contributed by atoms with E-state index >= 15 is 0 Å². The normalized spacial score (nSPS) is 10.3. The first-order valence-corrected chi connectivity index (χ1v) is 4.86. The molecule has 0 aliphatic heterocycles. The van der Waals surface area contributed by atoms with E-state index in [1.807, 2.05) is 0 Å². The molecule has 1 rings (SSSR count). The minimum atomic E-state index is -0.750. The van der Waals surface area contributed by atoms with E-state index in [4.69, 9.17) is 11.6 Å². The quantitative estimate of drug-likeness (QED) is 0.502. The maximum Gasteiger partial charge on any atom is 0.301 e. The Balaban J connectivity index is 3.08. The highest BCUT2D eigenvalue weighted by molar-refractivity contribution is 6.38. The van der Waals surface area contributed by atoms with Gasteiger partial charge in [0.15, 0.2) is 0 Å². The Morgan fingerprint density at radius 2 is 2.06 bits per heavy atom. The van der Waals surface area contributed by atoms with Gasteiger partial charge in [0.1, 0.15) is 5.69 Å². The smallest absolute Gasteiger partial charge is 0.272 e. The predicted octanol–water partition coefficient (Wildman–Crippen LogP) is 2.65. The van der Waals surface area contributed by atoms with Gasteiger partial charge in [-0.2, -0.15) is 5.10 Å². The summed E-state index contributed by atoms with van der Waals surface area (Å²) in [5.41, 5.74) is 1.53. The van der Waals surface area contributed by atoms with Crippen molar-refractivity contribution in [2.75, 3.05) is 5.43 Å². The number of hydrazone groups is 1. The second-order valence-corrected chi connectivity index (χ2v) is 3.52. The predicted molar refractivity (Wildman–Crippen MR) is 66.9 cm³/mol. The van der Waals surface area contributed by atoms with E-state index < -0.39 is 15.5 Å². The molecule has 18 heavy (non-hydrogen) atoms. The van der Waals surface area contributed by atoms with E-state index in [0.717, 1.165) is 18.3 Å². The Labute approximate surface area is 106 Å². The van der Waals surface area contributed by atoms with Gasteiger partial charge in [-0.3, -0.25) is 25.7 Å². The van der Waals surface area contributed by atoms with Gasteiger partial charge in [0.05, 0.1) is 27.2 Å². The van der Waals surface area contributed by atoms with Crippen molar-refractivity contribution in [1.82, 2.24) is 0 Å². The summed E-state index contributed by atoms with van der Waals surface area (Å²) in [6.45, 7) is 3.33. The second kappa shape index (κ2) is 5.73. The van der Waals surface area contributed by atoms with Gasteiger partial charge >= 0.3 is 5.69 Å². The van der Waals surface area contributed by atoms with Crippen molar-refractivity contribution in [2.24, 2.45) is 5.10 Å². The number of allylic oxidation sites excluding steroid dienone is 1. The van der Waals surface area contributed by atoms with Gasteiger partial charge in [-0.25, -0.2) is 0 Å². The van der Waals surface area contributed by atoms with Crippen LogP contribution < -0.4 is 5.43 Å². The molecule has 0 fully saturated rings. The molecule has 1 aromatic carbocycles. The lowest BCUT2D eigenvalue weighted by Crippen LogP contribution is -1.98. The number of halogens is 1. The Hall–Kier alpha value is -2.48. The van der Waals surface area contributed by atoms with Gasteiger partial charge in [0, 0.05) is 6.07 Å². The fourth-order valence-electron chi connectivity index (χ4n) is 1.05. The number of non-ortho nitro benzene ring substituents is 1. The van der Waals surface area contributed by atoms with Crippen molar-refractivity contribution < 1.29 is 9.85 Å². The molecular weight excluding hydrogens is 264 g/mol. The zero-order chi connectivity index (χ0) is 13.7. The van der Waals surface area contributed by atoms with Crippen LogP contribution in [-0.2, 0) is 0 Å². The van der Waals surface area contributed by atoms with Crippen LogP contribution in [0.3, 0.4) is 0 Å². The summed E-state index contributed by atoms with van der Waals surface area (Å²) in [5.74, 6) is 0. The molecular formula is C9H7ClN4O4. The van der Waals surface area contributed by atoms with Crippen LogP contribution in [0.15, 0.2) is 34.9 Å². The maximum atomic E-state index is 10.7. The largest absolute Gasteiger partial charge is 0.301 e. The van der Waals surface area contributed by atoms with Gasteiger partial charge in [0.2, 0.25) is 0 Å². The minimum Gasteiger partial charge on any atom is -0.272 e. The Bertz CT molecular complexity index is 543. The van der Waals surface area contributed by atoms with Crippen molar-refractivity contribution in [1.29, 1.82) is 0 Å². The molecule has 94 valence electrons. The molecule has 0 spiro atoms. The molecule has 1 N–H and O–H groups in total. The van der Waals surface area contributed by atoms with Gasteiger partial charge in [-0.05, 0) is 6.07 Å². The molecule has 0 aliphatic carbocycles. The first-order chi connectivity index (χ1) is 8.41. The van der Waals surface area contributed by atoms with Crippen molar-refractivity contribution in [3.63, 3.8) is 0 Å². The average Bonchev–Trinajstić information content (AvgIpc) is 2.28. The van der Waals surface area contributed by atoms with Gasteiger partial charge in [-0.15, -0.1) is 0 Å². The lowest BCUT2D eigenvalue weighted by Gasteiger charge is -2.01. The number of nitro groups is 2. The van der Waals surface area contributed by atoms with E-state index in [0.29, 0.717) is 0 Å². The van der Waals surface area contributed by atoms with E-state index in [-0.39, 0.29) is 16.4 Å². The number of hydrogen-bond acceptors (Lipinski definition) is 6. The molecule has 0 aliphatic rings. The molecule has 0 heterocycles. The number of benzene rings is 1. The van der Waals surface area contributed by atoms with Crippen LogP contribution in [-0.4, -0.2) is 16.1 Å². The third-order valence-electron chi connectivity index (χ3n) is 1.78. The van der Waals surface area contributed by atoms with Crippen molar-refractivity contribution in [3.8, 4) is 0 Å². The van der Waals surface area contributed by atoms with E-state index in [9.17, 15) is 20.2 Å². The van der Waals surface area contributed by atoms with Crippen LogP contribution in [0.25, 0.3) is 0 Å². The van der Waals surface area contributed by atoms with Crippen LogP contribution in [0.1, 0.15) is 0 Å². The molecule has 8 nitrogen and oxygen atoms in total. The summed E-state index contributed by atoms with van der Waals surface area (Å²) < 4.78 is 0. The first kappa shape index (κ1) is 13.6. The monoisotopic (exact) mass is 270 g/mol. The Morgan fingerprint density at radius 1 is 1.39 bits per heavy atom. The molecule has 1 aromatic rings. The summed E-state index contributed by atoms with van der Waals surface area (Å²) in [7, 11) is 0. The number of nitrogens with zero attached hydrogens (tertiary/aromatic N) is 3. The van der Waals surface area contributed by atoms with E-state index in [1.165, 1.54) is 6.07 Å². The summed E-state index contributed by atoms with van der Waals surface area (Å²) >= 11 is 5.41. The van der Waals surface area contributed by atoms with E-state index in [2.05, 4.69) is 17.1 Å². The summed E-state index contributed by atoms with van der Waals surface area (Å²) in [6.07, 6.45) is 1.15. The molecule has 0 amide bonds. The Morgan fingerprint density at radius 3 is 2.56 bits per heavy atom. The van der Waals surface area contributed by atoms with Gasteiger partial charge < -0.3 is 0 Å². The van der Waals surface area contributed by atoms with Crippen LogP contribution in [0.4, 0.5) is 17.1 Å². The van der Waals surface area contributed by atoms with Crippen LogP contribution in [0.2, 0.25) is 0 Å². The fourth-order valence-corrected chi connectivity index (χ4v) is 1.10. The maximum absolute atomic E-state index is 10.7. The summed E-state index contributed by atoms with van der Waals surface area (Å²) in [4.78, 5) is 19.8. The van der Waals surface area contributed by atoms with Crippen LogP contribution in [0, 0.1) is 20.2 Å². The number of nitrogens with one attached hydrogen (secondary N) is 1. The zero-order valence-corrected chi connectivity index (χ0v) is 9.63. The standard InChI is InChI=1S/C9H7ClN4O4/c1-6(10)5-11-12-8-3-2-7(13(15)16)4-9(8)14(17)18/h2-5,12H,1H2/b11-5+. The molecule has 0 bridgehead atoms. The third kappa shape index (κ3) is 3.52. The highest BCUT2D eigenvalue weighted by Gasteiger charge is 2.18. The summed E-state index contributed by atoms with van der Waals surface area (Å²) in [6, 6.07) is 3.15. The van der Waals surface area contributed by atoms with Crippen molar-refractivity contribution in [3.05, 3.63) is 50.0 Å². The lowest BCUT2D eigenvalue weighted by atomic mass is 10.2. The molecule has 0 saturated heterocycles. The lowest BCUT2D eigenvalue weighted by molar-refractivity contribution is -0.393. The number of rotatable bonds is 5. The zero-order valence-electron chi connectivity index (χ0n) is 8.87. The molecule has 0 saturated carbocycles. The highest BCUT2D eigenvalue weighted by atomic mass is 35.5. The fraction of sp³-hybridized carbons (Fsp3) is 0. The second-order valence-electron chi connectivity index (χ2n) is 3.03. The molecule has 0 aromatic heterocycles. The van der Waals surface area contributed by atoms with Gasteiger partial charge in [-0.1, -0.05) is 18.2 Å². The SMILES string of the molecule is C=C(Cl)/C=N/Nc1ccc([N+](=O)[O-])cc1[N+](=O)[O-].